The van der Waals surface area contributed by atoms with Gasteiger partial charge < -0.3 is 15.5 Å². The van der Waals surface area contributed by atoms with Crippen molar-refractivity contribution in [3.63, 3.8) is 0 Å². The molecule has 0 unspecified atom stereocenters. The lowest BCUT2D eigenvalue weighted by atomic mass is 10.0. The standard InChI is InChI=1S/C15H13NO4/c1-9(17)16-12-4-2-3-10(7-12)11-5-6-13(15(19)20)14(18)8-11/h2-8,18H,1H3,(H,16,17)(H,19,20). The molecule has 3 N–H and O–H groups in total. The smallest absolute Gasteiger partial charge is 0.339 e. The van der Waals surface area contributed by atoms with Gasteiger partial charge in [-0.2, -0.15) is 0 Å². The normalized spacial score (nSPS) is 10.1. The van der Waals surface area contributed by atoms with E-state index in [9.17, 15) is 14.7 Å². The highest BCUT2D eigenvalue weighted by Gasteiger charge is 2.10. The van der Waals surface area contributed by atoms with Crippen molar-refractivity contribution in [2.75, 3.05) is 5.32 Å². The van der Waals surface area contributed by atoms with Crippen LogP contribution in [0.4, 0.5) is 5.69 Å². The van der Waals surface area contributed by atoms with Gasteiger partial charge in [-0.05, 0) is 35.4 Å². The third-order valence-corrected chi connectivity index (χ3v) is 2.74. The fourth-order valence-corrected chi connectivity index (χ4v) is 1.87. The molecule has 5 heteroatoms. The minimum absolute atomic E-state index is 0.147. The number of carboxylic acids is 1. The molecule has 2 aromatic carbocycles. The van der Waals surface area contributed by atoms with Crippen LogP contribution in [0.25, 0.3) is 11.1 Å². The van der Waals surface area contributed by atoms with E-state index in [1.807, 2.05) is 0 Å². The molecule has 0 fully saturated rings. The predicted octanol–water partition coefficient (Wildman–Crippen LogP) is 2.72. The number of anilines is 1. The first-order chi connectivity index (χ1) is 9.47. The van der Waals surface area contributed by atoms with Crippen molar-refractivity contribution in [3.05, 3.63) is 48.0 Å². The Morgan fingerprint density at radius 3 is 2.35 bits per heavy atom. The zero-order valence-corrected chi connectivity index (χ0v) is 10.8. The van der Waals surface area contributed by atoms with Crippen molar-refractivity contribution in [3.8, 4) is 16.9 Å². The van der Waals surface area contributed by atoms with Crippen molar-refractivity contribution in [2.45, 2.75) is 6.92 Å². The molecule has 0 heterocycles. The summed E-state index contributed by atoms with van der Waals surface area (Å²) < 4.78 is 0. The number of carbonyl (C=O) groups is 2. The van der Waals surface area contributed by atoms with E-state index >= 15 is 0 Å². The molecule has 0 bridgehead atoms. The zero-order valence-electron chi connectivity index (χ0n) is 10.8. The Balaban J connectivity index is 2.39. The number of hydrogen-bond donors (Lipinski definition) is 3. The largest absolute Gasteiger partial charge is 0.507 e. The number of benzene rings is 2. The summed E-state index contributed by atoms with van der Waals surface area (Å²) in [6, 6.07) is 11.4. The van der Waals surface area contributed by atoms with Crippen LogP contribution in [0.1, 0.15) is 17.3 Å². The van der Waals surface area contributed by atoms with Gasteiger partial charge in [-0.1, -0.05) is 18.2 Å². The van der Waals surface area contributed by atoms with Gasteiger partial charge in [0.1, 0.15) is 11.3 Å². The summed E-state index contributed by atoms with van der Waals surface area (Å²) in [6.07, 6.45) is 0. The lowest BCUT2D eigenvalue weighted by molar-refractivity contribution is -0.114. The number of hydrogen-bond acceptors (Lipinski definition) is 3. The third-order valence-electron chi connectivity index (χ3n) is 2.74. The molecule has 102 valence electrons. The van der Waals surface area contributed by atoms with Crippen molar-refractivity contribution in [1.29, 1.82) is 0 Å². The maximum Gasteiger partial charge on any atom is 0.339 e. The highest BCUT2D eigenvalue weighted by atomic mass is 16.4. The third kappa shape index (κ3) is 2.95. The fraction of sp³-hybridized carbons (Fsp3) is 0.0667. The monoisotopic (exact) mass is 271 g/mol. The molecule has 0 aliphatic heterocycles. The van der Waals surface area contributed by atoms with Crippen LogP contribution in [0.15, 0.2) is 42.5 Å². The van der Waals surface area contributed by atoms with Crippen LogP contribution in [-0.4, -0.2) is 22.1 Å². The number of nitrogens with one attached hydrogen (secondary N) is 1. The van der Waals surface area contributed by atoms with Gasteiger partial charge in [0.15, 0.2) is 0 Å². The molecular formula is C15H13NO4. The van der Waals surface area contributed by atoms with Crippen LogP contribution in [0.2, 0.25) is 0 Å². The molecule has 20 heavy (non-hydrogen) atoms. The Kier molecular flexibility index (Phi) is 3.70. The molecule has 2 aromatic rings. The van der Waals surface area contributed by atoms with Crippen LogP contribution < -0.4 is 5.32 Å². The molecule has 0 saturated heterocycles. The Morgan fingerprint density at radius 2 is 1.75 bits per heavy atom. The molecule has 0 atom stereocenters. The highest BCUT2D eigenvalue weighted by molar-refractivity contribution is 5.92. The van der Waals surface area contributed by atoms with Gasteiger partial charge in [0.25, 0.3) is 0 Å². The van der Waals surface area contributed by atoms with E-state index in [-0.39, 0.29) is 17.2 Å². The number of amides is 1. The van der Waals surface area contributed by atoms with E-state index < -0.39 is 5.97 Å². The molecule has 1 amide bonds. The van der Waals surface area contributed by atoms with Crippen molar-refractivity contribution < 1.29 is 19.8 Å². The van der Waals surface area contributed by atoms with E-state index in [1.54, 1.807) is 30.3 Å². The number of carboxylic acid groups (broad SMARTS) is 1. The molecule has 0 aliphatic rings. The lowest BCUT2D eigenvalue weighted by Crippen LogP contribution is -2.05. The second-order valence-corrected chi connectivity index (χ2v) is 4.30. The van der Waals surface area contributed by atoms with E-state index in [2.05, 4.69) is 5.32 Å². The molecule has 2 rings (SSSR count). The Bertz CT molecular complexity index is 679. The van der Waals surface area contributed by atoms with Gasteiger partial charge in [0.05, 0.1) is 0 Å². The van der Waals surface area contributed by atoms with Gasteiger partial charge in [0, 0.05) is 12.6 Å². The number of aromatic hydroxyl groups is 1. The van der Waals surface area contributed by atoms with Crippen molar-refractivity contribution >= 4 is 17.6 Å². The molecule has 0 aliphatic carbocycles. The van der Waals surface area contributed by atoms with Crippen LogP contribution in [0.3, 0.4) is 0 Å². The van der Waals surface area contributed by atoms with E-state index in [4.69, 9.17) is 5.11 Å². The summed E-state index contributed by atoms with van der Waals surface area (Å²) in [5.74, 6) is -1.65. The number of carbonyl (C=O) groups excluding carboxylic acids is 1. The minimum atomic E-state index is -1.18. The second kappa shape index (κ2) is 5.44. The molecule has 0 aromatic heterocycles. The molecule has 0 spiro atoms. The van der Waals surface area contributed by atoms with Crippen LogP contribution in [-0.2, 0) is 4.79 Å². The summed E-state index contributed by atoms with van der Waals surface area (Å²) in [4.78, 5) is 21.9. The number of phenols is 1. The van der Waals surface area contributed by atoms with Gasteiger partial charge in [-0.25, -0.2) is 4.79 Å². The van der Waals surface area contributed by atoms with Gasteiger partial charge >= 0.3 is 5.97 Å². The maximum absolute atomic E-state index is 11.0. The van der Waals surface area contributed by atoms with E-state index in [1.165, 1.54) is 19.1 Å². The summed E-state index contributed by atoms with van der Waals surface area (Å²) >= 11 is 0. The first-order valence-electron chi connectivity index (χ1n) is 5.91. The van der Waals surface area contributed by atoms with Crippen molar-refractivity contribution in [1.82, 2.24) is 0 Å². The van der Waals surface area contributed by atoms with Crippen LogP contribution in [0, 0.1) is 0 Å². The Hall–Kier alpha value is -2.82. The molecule has 0 radical (unpaired) electrons. The van der Waals surface area contributed by atoms with Gasteiger partial charge in [-0.15, -0.1) is 0 Å². The number of aromatic carboxylic acids is 1. The first kappa shape index (κ1) is 13.6. The summed E-state index contributed by atoms with van der Waals surface area (Å²) in [6.45, 7) is 1.42. The predicted molar refractivity (Wildman–Crippen MR) is 74.8 cm³/mol. The number of rotatable bonds is 3. The van der Waals surface area contributed by atoms with Crippen LogP contribution >= 0.6 is 0 Å². The fourth-order valence-electron chi connectivity index (χ4n) is 1.87. The minimum Gasteiger partial charge on any atom is -0.507 e. The van der Waals surface area contributed by atoms with Crippen molar-refractivity contribution in [2.24, 2.45) is 0 Å². The Morgan fingerprint density at radius 1 is 1.05 bits per heavy atom. The van der Waals surface area contributed by atoms with E-state index in [0.717, 1.165) is 5.56 Å². The van der Waals surface area contributed by atoms with E-state index in [0.29, 0.717) is 11.3 Å². The average Bonchev–Trinajstić information content (AvgIpc) is 2.37. The second-order valence-electron chi connectivity index (χ2n) is 4.30. The molecule has 5 nitrogen and oxygen atoms in total. The summed E-state index contributed by atoms with van der Waals surface area (Å²) in [5, 5.41) is 21.2. The maximum atomic E-state index is 11.0. The molecular weight excluding hydrogens is 258 g/mol. The SMILES string of the molecule is CC(=O)Nc1cccc(-c2ccc(C(=O)O)c(O)c2)c1. The lowest BCUT2D eigenvalue weighted by Gasteiger charge is -2.07. The molecule has 0 saturated carbocycles. The van der Waals surface area contributed by atoms with Crippen LogP contribution in [0.5, 0.6) is 5.75 Å². The highest BCUT2D eigenvalue weighted by Crippen LogP contribution is 2.28. The topological polar surface area (TPSA) is 86.6 Å². The Labute approximate surface area is 115 Å². The average molecular weight is 271 g/mol. The zero-order chi connectivity index (χ0) is 14.7. The quantitative estimate of drug-likeness (QED) is 0.801. The summed E-state index contributed by atoms with van der Waals surface area (Å²) in [7, 11) is 0. The van der Waals surface area contributed by atoms with Gasteiger partial charge in [-0.3, -0.25) is 4.79 Å². The first-order valence-corrected chi connectivity index (χ1v) is 5.91. The van der Waals surface area contributed by atoms with Gasteiger partial charge in [0.2, 0.25) is 5.91 Å². The summed E-state index contributed by atoms with van der Waals surface area (Å²) in [5.41, 5.74) is 1.92.